The van der Waals surface area contributed by atoms with E-state index >= 15 is 0 Å². The maximum atomic E-state index is 12.7. The number of rotatable bonds is 0. The summed E-state index contributed by atoms with van der Waals surface area (Å²) in [7, 11) is 0. The number of allylic oxidation sites excluding steroid dienone is 2. The highest BCUT2D eigenvalue weighted by molar-refractivity contribution is 5.93. The quantitative estimate of drug-likeness (QED) is 0.506. The van der Waals surface area contributed by atoms with E-state index in [0.29, 0.717) is 13.0 Å². The minimum atomic E-state index is -0.230. The predicted molar refractivity (Wildman–Crippen MR) is 89.1 cm³/mol. The van der Waals surface area contributed by atoms with Gasteiger partial charge in [0.05, 0.1) is 18.6 Å². The molecule has 0 aromatic carbocycles. The van der Waals surface area contributed by atoms with E-state index in [9.17, 15) is 9.59 Å². The van der Waals surface area contributed by atoms with Crippen LogP contribution in [0.3, 0.4) is 0 Å². The largest absolute Gasteiger partial charge is 0.462 e. The highest BCUT2D eigenvalue weighted by Crippen LogP contribution is 2.56. The van der Waals surface area contributed by atoms with Crippen molar-refractivity contribution in [3.8, 4) is 0 Å². The van der Waals surface area contributed by atoms with E-state index in [-0.39, 0.29) is 53.0 Å². The maximum absolute atomic E-state index is 12.7. The molecule has 0 radical (unpaired) electrons. The van der Waals surface area contributed by atoms with Gasteiger partial charge >= 0.3 is 5.97 Å². The summed E-state index contributed by atoms with van der Waals surface area (Å²) < 4.78 is 11.4. The Balaban J connectivity index is 1.81. The zero-order chi connectivity index (χ0) is 17.1. The Morgan fingerprint density at radius 3 is 2.75 bits per heavy atom. The Hall–Kier alpha value is -1.42. The molecule has 1 saturated carbocycles. The van der Waals surface area contributed by atoms with Crippen molar-refractivity contribution in [1.29, 1.82) is 0 Å². The summed E-state index contributed by atoms with van der Waals surface area (Å²) >= 11 is 0. The van der Waals surface area contributed by atoms with E-state index in [4.69, 9.17) is 9.47 Å². The zero-order valence-corrected chi connectivity index (χ0v) is 14.7. The van der Waals surface area contributed by atoms with E-state index < -0.39 is 0 Å². The third kappa shape index (κ3) is 2.22. The van der Waals surface area contributed by atoms with Crippen molar-refractivity contribution in [2.75, 3.05) is 6.61 Å². The van der Waals surface area contributed by atoms with Gasteiger partial charge in [0.2, 0.25) is 0 Å². The van der Waals surface area contributed by atoms with Gasteiger partial charge in [-0.2, -0.15) is 0 Å². The molecule has 4 rings (SSSR count). The van der Waals surface area contributed by atoms with Crippen LogP contribution in [0.2, 0.25) is 0 Å². The lowest BCUT2D eigenvalue weighted by Gasteiger charge is -2.46. The average molecular weight is 330 g/mol. The Morgan fingerprint density at radius 2 is 1.96 bits per heavy atom. The second kappa shape index (κ2) is 5.55. The fourth-order valence-electron chi connectivity index (χ4n) is 5.65. The normalized spacial score (nSPS) is 47.7. The summed E-state index contributed by atoms with van der Waals surface area (Å²) in [5.74, 6) is 0.340. The molecule has 0 aromatic heterocycles. The molecule has 4 aliphatic rings. The molecule has 0 bridgehead atoms. The molecule has 2 heterocycles. The monoisotopic (exact) mass is 330 g/mol. The third-order valence-electron chi connectivity index (χ3n) is 6.93. The average Bonchev–Trinajstić information content (AvgIpc) is 2.67. The standard InChI is InChI=1S/C20H26O4/c1-11-14-5-6-16-15(18(14)19(22)24-11)9-13(21)10-17-12(2)23-8-4-7-20(16,17)3/h4,7,9,11-12,14,16-18H,5-6,8,10H2,1-3H3/t11-,12+,14?,16?,17?,18?,20+/m0/s1. The third-order valence-corrected chi connectivity index (χ3v) is 6.93. The van der Waals surface area contributed by atoms with Crippen molar-refractivity contribution in [2.24, 2.45) is 29.1 Å². The molecule has 0 amide bonds. The Kier molecular flexibility index (Phi) is 3.72. The number of hydrogen-bond acceptors (Lipinski definition) is 4. The van der Waals surface area contributed by atoms with Crippen molar-refractivity contribution in [2.45, 2.75) is 52.2 Å². The van der Waals surface area contributed by atoms with Gasteiger partial charge in [-0.15, -0.1) is 0 Å². The summed E-state index contributed by atoms with van der Waals surface area (Å²) in [5, 5.41) is 0. The molecule has 4 nitrogen and oxygen atoms in total. The minimum Gasteiger partial charge on any atom is -0.462 e. The smallest absolute Gasteiger partial charge is 0.313 e. The van der Waals surface area contributed by atoms with Crippen LogP contribution >= 0.6 is 0 Å². The van der Waals surface area contributed by atoms with Crippen molar-refractivity contribution < 1.29 is 19.1 Å². The van der Waals surface area contributed by atoms with Gasteiger partial charge in [0.25, 0.3) is 0 Å². The van der Waals surface area contributed by atoms with Gasteiger partial charge in [0.15, 0.2) is 5.78 Å². The Morgan fingerprint density at radius 1 is 1.17 bits per heavy atom. The molecule has 4 unspecified atom stereocenters. The summed E-state index contributed by atoms with van der Waals surface area (Å²) in [6.07, 6.45) is 8.59. The van der Waals surface area contributed by atoms with Gasteiger partial charge in [0.1, 0.15) is 6.10 Å². The fourth-order valence-corrected chi connectivity index (χ4v) is 5.65. The molecule has 0 N–H and O–H groups in total. The summed E-state index contributed by atoms with van der Waals surface area (Å²) in [5.41, 5.74) is 0.875. The molecule has 2 aliphatic heterocycles. The van der Waals surface area contributed by atoms with Gasteiger partial charge in [-0.1, -0.05) is 19.1 Å². The number of ketones is 1. The van der Waals surface area contributed by atoms with Gasteiger partial charge in [-0.3, -0.25) is 9.59 Å². The lowest BCUT2D eigenvalue weighted by Crippen LogP contribution is -2.43. The summed E-state index contributed by atoms with van der Waals surface area (Å²) in [4.78, 5) is 25.1. The van der Waals surface area contributed by atoms with Gasteiger partial charge in [-0.25, -0.2) is 0 Å². The van der Waals surface area contributed by atoms with Crippen LogP contribution in [0.4, 0.5) is 0 Å². The molecule has 130 valence electrons. The first kappa shape index (κ1) is 16.1. The molecule has 7 atom stereocenters. The van der Waals surface area contributed by atoms with Crippen molar-refractivity contribution >= 4 is 11.8 Å². The van der Waals surface area contributed by atoms with Crippen molar-refractivity contribution in [3.63, 3.8) is 0 Å². The number of esters is 1. The van der Waals surface area contributed by atoms with Gasteiger partial charge in [0, 0.05) is 18.3 Å². The Labute approximate surface area is 143 Å². The van der Waals surface area contributed by atoms with Crippen LogP contribution in [0.1, 0.15) is 40.0 Å². The second-order valence-corrected chi connectivity index (χ2v) is 8.14. The van der Waals surface area contributed by atoms with E-state index in [1.165, 1.54) is 0 Å². The van der Waals surface area contributed by atoms with Crippen LogP contribution < -0.4 is 0 Å². The van der Waals surface area contributed by atoms with Crippen LogP contribution in [0.15, 0.2) is 23.8 Å². The molecule has 4 heteroatoms. The number of hydrogen-bond donors (Lipinski definition) is 0. The maximum Gasteiger partial charge on any atom is 0.313 e. The molecule has 2 fully saturated rings. The van der Waals surface area contributed by atoms with Crippen LogP contribution in [-0.4, -0.2) is 30.6 Å². The molecule has 0 spiro atoms. The van der Waals surface area contributed by atoms with E-state index in [2.05, 4.69) is 26.0 Å². The molecule has 0 aromatic rings. The van der Waals surface area contributed by atoms with Crippen LogP contribution in [0.25, 0.3) is 0 Å². The first-order chi connectivity index (χ1) is 11.4. The van der Waals surface area contributed by atoms with Crippen molar-refractivity contribution in [3.05, 3.63) is 23.8 Å². The number of ether oxygens (including phenoxy) is 2. The first-order valence-corrected chi connectivity index (χ1v) is 9.16. The fraction of sp³-hybridized carbons (Fsp3) is 0.700. The Bertz CT molecular complexity index is 634. The van der Waals surface area contributed by atoms with Gasteiger partial charge in [-0.05, 0) is 49.7 Å². The summed E-state index contributed by atoms with van der Waals surface area (Å²) in [6, 6.07) is 0. The highest BCUT2D eigenvalue weighted by atomic mass is 16.6. The van der Waals surface area contributed by atoms with Crippen molar-refractivity contribution in [1.82, 2.24) is 0 Å². The SMILES string of the molecule is C[C@@H]1OC(=O)C2C3=CC(=O)CC4[C@@H](C)OCC=C[C@]4(C)C3CCC21. The number of cyclic esters (lactones) is 1. The second-order valence-electron chi connectivity index (χ2n) is 8.14. The number of fused-ring (bicyclic) bond motifs is 5. The molecule has 24 heavy (non-hydrogen) atoms. The summed E-state index contributed by atoms with van der Waals surface area (Å²) in [6.45, 7) is 6.90. The lowest BCUT2D eigenvalue weighted by molar-refractivity contribution is -0.143. The minimum absolute atomic E-state index is 0.0360. The number of carbonyl (C=O) groups excluding carboxylic acids is 2. The zero-order valence-electron chi connectivity index (χ0n) is 14.7. The number of carbonyl (C=O) groups is 2. The van der Waals surface area contributed by atoms with Crippen LogP contribution in [0.5, 0.6) is 0 Å². The predicted octanol–water partition coefficient (Wildman–Crippen LogP) is 3.07. The van der Waals surface area contributed by atoms with E-state index in [0.717, 1.165) is 18.4 Å². The molecule has 1 saturated heterocycles. The molecular weight excluding hydrogens is 304 g/mol. The topological polar surface area (TPSA) is 52.6 Å². The van der Waals surface area contributed by atoms with Crippen LogP contribution in [-0.2, 0) is 19.1 Å². The first-order valence-electron chi connectivity index (χ1n) is 9.16. The van der Waals surface area contributed by atoms with E-state index in [1.54, 1.807) is 6.08 Å². The van der Waals surface area contributed by atoms with Crippen LogP contribution in [0, 0.1) is 29.1 Å². The van der Waals surface area contributed by atoms with E-state index in [1.807, 2.05) is 6.92 Å². The van der Waals surface area contributed by atoms with Gasteiger partial charge < -0.3 is 9.47 Å². The molecular formula is C20H26O4. The molecule has 2 aliphatic carbocycles. The lowest BCUT2D eigenvalue weighted by atomic mass is 9.57. The highest BCUT2D eigenvalue weighted by Gasteiger charge is 2.55.